The van der Waals surface area contributed by atoms with Crippen molar-refractivity contribution < 1.29 is 13.2 Å². The van der Waals surface area contributed by atoms with Gasteiger partial charge in [-0.25, -0.2) is 9.97 Å². The van der Waals surface area contributed by atoms with Gasteiger partial charge >= 0.3 is 6.18 Å². The van der Waals surface area contributed by atoms with Crippen LogP contribution in [-0.2, 0) is 13.2 Å². The molecule has 3 aromatic rings. The number of hydrogen-bond donors (Lipinski definition) is 0. The fourth-order valence-electron chi connectivity index (χ4n) is 3.48. The molecule has 3 aromatic heterocycles. The van der Waals surface area contributed by atoms with Gasteiger partial charge in [0.05, 0.1) is 22.1 Å². The summed E-state index contributed by atoms with van der Waals surface area (Å²) in [7, 11) is 1.82. The van der Waals surface area contributed by atoms with Crippen LogP contribution in [0.25, 0.3) is 27.3 Å². The van der Waals surface area contributed by atoms with Crippen molar-refractivity contribution in [2.45, 2.75) is 39.8 Å². The molecule has 1 aliphatic rings. The highest BCUT2D eigenvalue weighted by atomic mass is 32.1. The molecule has 1 fully saturated rings. The van der Waals surface area contributed by atoms with Gasteiger partial charge in [-0.05, 0) is 62.3 Å². The Morgan fingerprint density at radius 3 is 2.56 bits per heavy atom. The maximum atomic E-state index is 13.0. The van der Waals surface area contributed by atoms with Crippen LogP contribution >= 0.6 is 11.3 Å². The first-order chi connectivity index (χ1) is 12.7. The van der Waals surface area contributed by atoms with Gasteiger partial charge < -0.3 is 4.57 Å². The van der Waals surface area contributed by atoms with Crippen molar-refractivity contribution in [3.8, 4) is 10.7 Å². The predicted molar refractivity (Wildman–Crippen MR) is 103 cm³/mol. The van der Waals surface area contributed by atoms with E-state index in [2.05, 4.69) is 36.8 Å². The number of rotatable bonds is 3. The first kappa shape index (κ1) is 18.2. The maximum absolute atomic E-state index is 13.0. The van der Waals surface area contributed by atoms with Crippen molar-refractivity contribution in [3.05, 3.63) is 40.0 Å². The summed E-state index contributed by atoms with van der Waals surface area (Å²) >= 11 is 1.69. The number of imidazole rings is 1. The third-order valence-electron chi connectivity index (χ3n) is 5.30. The predicted octanol–water partition coefficient (Wildman–Crippen LogP) is 6.15. The van der Waals surface area contributed by atoms with E-state index in [9.17, 15) is 13.2 Å². The van der Waals surface area contributed by atoms with Gasteiger partial charge in [0.25, 0.3) is 0 Å². The Bertz CT molecular complexity index is 1070. The highest BCUT2D eigenvalue weighted by molar-refractivity contribution is 7.17. The lowest BCUT2D eigenvalue weighted by Gasteiger charge is -2.04. The number of pyridine rings is 1. The van der Waals surface area contributed by atoms with Crippen molar-refractivity contribution in [3.63, 3.8) is 0 Å². The number of alkyl halides is 3. The van der Waals surface area contributed by atoms with Crippen LogP contribution in [0.3, 0.4) is 0 Å². The van der Waals surface area contributed by atoms with Gasteiger partial charge in [0.15, 0.2) is 5.82 Å². The molecule has 3 heterocycles. The zero-order valence-corrected chi connectivity index (χ0v) is 16.4. The van der Waals surface area contributed by atoms with Gasteiger partial charge in [0, 0.05) is 11.9 Å². The minimum atomic E-state index is -4.47. The third kappa shape index (κ3) is 2.98. The summed E-state index contributed by atoms with van der Waals surface area (Å²) < 4.78 is 40.8. The average molecular weight is 391 g/mol. The molecule has 0 bridgehead atoms. The lowest BCUT2D eigenvalue weighted by atomic mass is 10.0. The molecule has 0 aromatic carbocycles. The average Bonchev–Trinajstić information content (AvgIpc) is 3.35. The molecule has 0 spiro atoms. The van der Waals surface area contributed by atoms with Crippen molar-refractivity contribution in [1.29, 1.82) is 0 Å². The zero-order chi connectivity index (χ0) is 19.5. The summed E-state index contributed by atoms with van der Waals surface area (Å²) in [6.07, 6.45) is 1.42. The normalized spacial score (nSPS) is 15.7. The molecule has 1 aliphatic carbocycles. The molecular weight excluding hydrogens is 371 g/mol. The van der Waals surface area contributed by atoms with Gasteiger partial charge in [-0.1, -0.05) is 6.08 Å². The van der Waals surface area contributed by atoms with Gasteiger partial charge in [0.1, 0.15) is 5.69 Å². The van der Waals surface area contributed by atoms with Crippen LogP contribution in [0.15, 0.2) is 18.3 Å². The number of thiophene rings is 1. The topological polar surface area (TPSA) is 30.7 Å². The molecule has 0 saturated heterocycles. The molecule has 0 radical (unpaired) electrons. The highest BCUT2D eigenvalue weighted by Crippen LogP contribution is 2.48. The minimum absolute atomic E-state index is 0.315. The highest BCUT2D eigenvalue weighted by Gasteiger charge is 2.33. The van der Waals surface area contributed by atoms with Crippen LogP contribution in [0.2, 0.25) is 0 Å². The van der Waals surface area contributed by atoms with Gasteiger partial charge in [0.2, 0.25) is 0 Å². The maximum Gasteiger partial charge on any atom is 0.433 e. The minimum Gasteiger partial charge on any atom is -0.325 e. The van der Waals surface area contributed by atoms with Crippen LogP contribution in [0, 0.1) is 19.8 Å². The van der Waals surface area contributed by atoms with Crippen molar-refractivity contribution in [1.82, 2.24) is 14.5 Å². The van der Waals surface area contributed by atoms with Crippen molar-refractivity contribution >= 4 is 27.9 Å². The molecule has 142 valence electrons. The van der Waals surface area contributed by atoms with Gasteiger partial charge in [-0.15, -0.1) is 11.3 Å². The van der Waals surface area contributed by atoms with Crippen molar-refractivity contribution in [2.75, 3.05) is 0 Å². The number of fused-ring (bicyclic) bond motifs is 1. The Kier molecular flexibility index (Phi) is 4.18. The number of allylic oxidation sites excluding steroid dienone is 2. The molecular formula is C20H20F3N3S. The van der Waals surface area contributed by atoms with E-state index in [-0.39, 0.29) is 0 Å². The molecule has 0 N–H and O–H groups in total. The van der Waals surface area contributed by atoms with Gasteiger partial charge in [-0.3, -0.25) is 0 Å². The second-order valence-electron chi connectivity index (χ2n) is 7.08. The van der Waals surface area contributed by atoms with Crippen LogP contribution in [0.1, 0.15) is 41.5 Å². The number of halogens is 3. The fraction of sp³-hybridized carbons (Fsp3) is 0.400. The van der Waals surface area contributed by atoms with E-state index in [1.54, 1.807) is 11.3 Å². The SMILES string of the molecule is C/C=C(\c1sc(-c2nc3cc(C(F)(F)F)ncc3n2C)c(C)c1C)C1CC1. The largest absolute Gasteiger partial charge is 0.433 e. The van der Waals surface area contributed by atoms with E-state index in [1.165, 1.54) is 35.1 Å². The monoisotopic (exact) mass is 391 g/mol. The number of hydrogen-bond acceptors (Lipinski definition) is 3. The second-order valence-corrected chi connectivity index (χ2v) is 8.10. The number of aromatic nitrogens is 3. The van der Waals surface area contributed by atoms with Crippen molar-refractivity contribution in [2.24, 2.45) is 13.0 Å². The molecule has 0 amide bonds. The molecule has 7 heteroatoms. The molecule has 4 rings (SSSR count). The summed E-state index contributed by atoms with van der Waals surface area (Å²) in [6.45, 7) is 6.24. The summed E-state index contributed by atoms with van der Waals surface area (Å²) in [4.78, 5) is 10.4. The summed E-state index contributed by atoms with van der Waals surface area (Å²) in [5.41, 5.74) is 3.75. The van der Waals surface area contributed by atoms with Gasteiger partial charge in [-0.2, -0.15) is 13.2 Å². The zero-order valence-electron chi connectivity index (χ0n) is 15.6. The second kappa shape index (κ2) is 6.19. The van der Waals surface area contributed by atoms with E-state index >= 15 is 0 Å². The van der Waals surface area contributed by atoms with E-state index in [4.69, 9.17) is 0 Å². The van der Waals surface area contributed by atoms with Crippen LogP contribution in [0.4, 0.5) is 13.2 Å². The number of aryl methyl sites for hydroxylation is 1. The smallest absolute Gasteiger partial charge is 0.325 e. The Hall–Kier alpha value is -2.15. The Labute approximate surface area is 159 Å². The van der Waals surface area contributed by atoms with E-state index in [0.717, 1.165) is 16.5 Å². The molecule has 0 aliphatic heterocycles. The molecule has 27 heavy (non-hydrogen) atoms. The van der Waals surface area contributed by atoms with Crippen LogP contribution in [0.5, 0.6) is 0 Å². The first-order valence-corrected chi connectivity index (χ1v) is 9.70. The Balaban J connectivity index is 1.86. The molecule has 3 nitrogen and oxygen atoms in total. The van der Waals surface area contributed by atoms with E-state index < -0.39 is 11.9 Å². The lowest BCUT2D eigenvalue weighted by molar-refractivity contribution is -0.141. The van der Waals surface area contributed by atoms with Crippen LogP contribution in [-0.4, -0.2) is 14.5 Å². The molecule has 1 saturated carbocycles. The standard InChI is InChI=1S/C20H20F3N3S/c1-5-13(12-6-7-12)17-10(2)11(3)18(27-17)19-25-14-8-16(20(21,22)23)24-9-15(14)26(19)4/h5,8-9,12H,6-7H2,1-4H3/b13-5-. The Morgan fingerprint density at radius 2 is 1.96 bits per heavy atom. The lowest BCUT2D eigenvalue weighted by Crippen LogP contribution is -2.07. The summed E-state index contributed by atoms with van der Waals surface area (Å²) in [6, 6.07) is 1.02. The third-order valence-corrected chi connectivity index (χ3v) is 6.74. The quantitative estimate of drug-likeness (QED) is 0.536. The molecule has 0 atom stereocenters. The summed E-state index contributed by atoms with van der Waals surface area (Å²) in [5.74, 6) is 1.33. The fourth-order valence-corrected chi connectivity index (χ4v) is 4.97. The Morgan fingerprint density at radius 1 is 1.26 bits per heavy atom. The van der Waals surface area contributed by atoms with E-state index in [0.29, 0.717) is 22.8 Å². The number of nitrogens with zero attached hydrogens (tertiary/aromatic N) is 3. The first-order valence-electron chi connectivity index (χ1n) is 8.89. The summed E-state index contributed by atoms with van der Waals surface area (Å²) in [5, 5.41) is 0. The van der Waals surface area contributed by atoms with E-state index in [1.807, 2.05) is 11.6 Å². The van der Waals surface area contributed by atoms with Crippen LogP contribution < -0.4 is 0 Å². The molecule has 0 unspecified atom stereocenters.